The maximum absolute atomic E-state index is 12.6. The third-order valence-electron chi connectivity index (χ3n) is 4.35. The van der Waals surface area contributed by atoms with Crippen molar-refractivity contribution in [1.29, 1.82) is 0 Å². The van der Waals surface area contributed by atoms with Crippen LogP contribution in [0.1, 0.15) is 16.8 Å². The summed E-state index contributed by atoms with van der Waals surface area (Å²) in [7, 11) is 0. The van der Waals surface area contributed by atoms with E-state index in [4.69, 9.17) is 0 Å². The Morgan fingerprint density at radius 2 is 1.96 bits per heavy atom. The van der Waals surface area contributed by atoms with Crippen LogP contribution in [0, 0.1) is 0 Å². The number of aliphatic hydroxyl groups excluding tert-OH is 1. The summed E-state index contributed by atoms with van der Waals surface area (Å²) in [5, 5.41) is 16.8. The second-order valence-corrected chi connectivity index (χ2v) is 5.88. The van der Waals surface area contributed by atoms with Crippen LogP contribution < -0.4 is 4.90 Å². The van der Waals surface area contributed by atoms with Crippen molar-refractivity contribution in [2.24, 2.45) is 0 Å². The van der Waals surface area contributed by atoms with E-state index >= 15 is 0 Å². The summed E-state index contributed by atoms with van der Waals surface area (Å²) in [5.41, 5.74) is 5.34. The molecule has 0 saturated heterocycles. The number of rotatable bonds is 3. The molecule has 0 bridgehead atoms. The Morgan fingerprint density at radius 3 is 2.75 bits per heavy atom. The van der Waals surface area contributed by atoms with E-state index in [-0.39, 0.29) is 12.5 Å². The van der Waals surface area contributed by atoms with Crippen molar-refractivity contribution in [3.8, 4) is 11.3 Å². The quantitative estimate of drug-likeness (QED) is 0.780. The number of fused-ring (bicyclic) bond motifs is 1. The van der Waals surface area contributed by atoms with E-state index < -0.39 is 0 Å². The monoisotopic (exact) mass is 319 g/mol. The molecule has 1 aliphatic rings. The molecular weight excluding hydrogens is 302 g/mol. The number of hydrogen-bond acceptors (Lipinski definition) is 3. The predicted molar refractivity (Wildman–Crippen MR) is 91.3 cm³/mol. The number of amides is 1. The summed E-state index contributed by atoms with van der Waals surface area (Å²) in [6.07, 6.45) is 0.319. The molecule has 0 aliphatic carbocycles. The van der Waals surface area contributed by atoms with Crippen molar-refractivity contribution in [2.45, 2.75) is 19.6 Å². The van der Waals surface area contributed by atoms with Gasteiger partial charge in [-0.3, -0.25) is 9.89 Å². The van der Waals surface area contributed by atoms with Crippen LogP contribution in [-0.4, -0.2) is 21.2 Å². The lowest BCUT2D eigenvalue weighted by molar-refractivity contribution is -0.118. The Kier molecular flexibility index (Phi) is 3.63. The van der Waals surface area contributed by atoms with E-state index in [2.05, 4.69) is 10.2 Å². The average Bonchev–Trinajstić information content (AvgIpc) is 3.04. The molecule has 0 unspecified atom stereocenters. The molecule has 0 fully saturated rings. The summed E-state index contributed by atoms with van der Waals surface area (Å²) in [6.45, 7) is 0.478. The highest BCUT2D eigenvalue weighted by atomic mass is 16.3. The standard InChI is InChI=1S/C19H17N3O2/c23-12-13-5-4-6-14(9-13)19-16-10-18(24)22(11-17(16)20-21-19)15-7-2-1-3-8-15/h1-9,23H,10-12H2,(H,20,21). The minimum atomic E-state index is -0.0127. The molecule has 2 heterocycles. The fourth-order valence-corrected chi connectivity index (χ4v) is 3.11. The number of aliphatic hydroxyl groups is 1. The second-order valence-electron chi connectivity index (χ2n) is 5.88. The van der Waals surface area contributed by atoms with Gasteiger partial charge in [0.05, 0.1) is 31.0 Å². The first-order valence-electron chi connectivity index (χ1n) is 7.88. The van der Waals surface area contributed by atoms with Crippen LogP contribution in [0.5, 0.6) is 0 Å². The highest BCUT2D eigenvalue weighted by Gasteiger charge is 2.28. The van der Waals surface area contributed by atoms with Gasteiger partial charge in [0.2, 0.25) is 5.91 Å². The molecule has 1 amide bonds. The lowest BCUT2D eigenvalue weighted by atomic mass is 9.98. The van der Waals surface area contributed by atoms with Crippen molar-refractivity contribution in [2.75, 3.05) is 4.90 Å². The molecule has 4 rings (SSSR count). The van der Waals surface area contributed by atoms with Crippen molar-refractivity contribution >= 4 is 11.6 Å². The molecule has 0 spiro atoms. The fourth-order valence-electron chi connectivity index (χ4n) is 3.11. The lowest BCUT2D eigenvalue weighted by Gasteiger charge is -2.27. The largest absolute Gasteiger partial charge is 0.392 e. The zero-order valence-electron chi connectivity index (χ0n) is 13.1. The van der Waals surface area contributed by atoms with E-state index in [1.165, 1.54) is 0 Å². The van der Waals surface area contributed by atoms with E-state index in [1.807, 2.05) is 54.6 Å². The molecule has 3 aromatic rings. The van der Waals surface area contributed by atoms with Crippen LogP contribution in [0.4, 0.5) is 5.69 Å². The molecule has 2 aromatic carbocycles. The molecule has 24 heavy (non-hydrogen) atoms. The minimum Gasteiger partial charge on any atom is -0.392 e. The summed E-state index contributed by atoms with van der Waals surface area (Å²) < 4.78 is 0. The number of hydrogen-bond donors (Lipinski definition) is 2. The zero-order valence-corrected chi connectivity index (χ0v) is 13.1. The first kappa shape index (κ1) is 14.7. The van der Waals surface area contributed by atoms with Crippen LogP contribution in [0.25, 0.3) is 11.3 Å². The van der Waals surface area contributed by atoms with Gasteiger partial charge < -0.3 is 10.0 Å². The molecular formula is C19H17N3O2. The van der Waals surface area contributed by atoms with Gasteiger partial charge in [0.25, 0.3) is 0 Å². The Hall–Kier alpha value is -2.92. The predicted octanol–water partition coefficient (Wildman–Crippen LogP) is 2.66. The fraction of sp³-hybridized carbons (Fsp3) is 0.158. The first-order chi connectivity index (χ1) is 11.8. The number of anilines is 1. The number of aromatic amines is 1. The number of nitrogens with zero attached hydrogens (tertiary/aromatic N) is 2. The summed E-state index contributed by atoms with van der Waals surface area (Å²) >= 11 is 0. The smallest absolute Gasteiger partial charge is 0.231 e. The molecule has 120 valence electrons. The number of para-hydroxylation sites is 1. The Bertz CT molecular complexity index is 887. The van der Waals surface area contributed by atoms with Gasteiger partial charge in [-0.05, 0) is 23.8 Å². The maximum Gasteiger partial charge on any atom is 0.231 e. The molecule has 1 aromatic heterocycles. The number of H-pyrrole nitrogens is 1. The normalized spacial score (nSPS) is 13.9. The van der Waals surface area contributed by atoms with Gasteiger partial charge in [-0.2, -0.15) is 5.10 Å². The van der Waals surface area contributed by atoms with Gasteiger partial charge in [0.1, 0.15) is 0 Å². The number of carbonyl (C=O) groups is 1. The molecule has 0 saturated carbocycles. The SMILES string of the molecule is O=C1Cc2c(-c3cccc(CO)c3)n[nH]c2CN1c1ccccc1. The van der Waals surface area contributed by atoms with Gasteiger partial charge in [0, 0.05) is 16.8 Å². The van der Waals surface area contributed by atoms with E-state index in [0.29, 0.717) is 13.0 Å². The van der Waals surface area contributed by atoms with E-state index in [0.717, 1.165) is 33.8 Å². The van der Waals surface area contributed by atoms with Crippen molar-refractivity contribution in [3.05, 3.63) is 71.4 Å². The van der Waals surface area contributed by atoms with E-state index in [1.54, 1.807) is 4.90 Å². The highest BCUT2D eigenvalue weighted by Crippen LogP contribution is 2.31. The molecule has 0 atom stereocenters. The third kappa shape index (κ3) is 2.49. The van der Waals surface area contributed by atoms with Crippen LogP contribution in [0.3, 0.4) is 0 Å². The van der Waals surface area contributed by atoms with Crippen LogP contribution in [-0.2, 0) is 24.4 Å². The summed E-state index contributed by atoms with van der Waals surface area (Å²) in [4.78, 5) is 14.4. The van der Waals surface area contributed by atoms with Crippen LogP contribution in [0.2, 0.25) is 0 Å². The first-order valence-corrected chi connectivity index (χ1v) is 7.88. The minimum absolute atomic E-state index is 0.0127. The molecule has 5 nitrogen and oxygen atoms in total. The number of nitrogens with one attached hydrogen (secondary N) is 1. The maximum atomic E-state index is 12.6. The second kappa shape index (κ2) is 5.94. The third-order valence-corrected chi connectivity index (χ3v) is 4.35. The highest BCUT2D eigenvalue weighted by molar-refractivity contribution is 5.97. The Morgan fingerprint density at radius 1 is 1.12 bits per heavy atom. The molecule has 1 aliphatic heterocycles. The zero-order chi connectivity index (χ0) is 16.5. The Labute approximate surface area is 139 Å². The van der Waals surface area contributed by atoms with Gasteiger partial charge in [-0.1, -0.05) is 36.4 Å². The van der Waals surface area contributed by atoms with Crippen molar-refractivity contribution in [1.82, 2.24) is 10.2 Å². The Balaban J connectivity index is 1.70. The van der Waals surface area contributed by atoms with Crippen LogP contribution >= 0.6 is 0 Å². The number of aromatic nitrogens is 2. The summed E-state index contributed by atoms with van der Waals surface area (Å²) in [5.74, 6) is 0.0645. The van der Waals surface area contributed by atoms with Crippen molar-refractivity contribution < 1.29 is 9.90 Å². The van der Waals surface area contributed by atoms with Gasteiger partial charge >= 0.3 is 0 Å². The van der Waals surface area contributed by atoms with Crippen LogP contribution in [0.15, 0.2) is 54.6 Å². The molecule has 0 radical (unpaired) electrons. The number of carbonyl (C=O) groups excluding carboxylic acids is 1. The van der Waals surface area contributed by atoms with Gasteiger partial charge in [-0.25, -0.2) is 0 Å². The number of benzene rings is 2. The molecule has 5 heteroatoms. The van der Waals surface area contributed by atoms with E-state index in [9.17, 15) is 9.90 Å². The van der Waals surface area contributed by atoms with Gasteiger partial charge in [0.15, 0.2) is 0 Å². The molecule has 2 N–H and O–H groups in total. The topological polar surface area (TPSA) is 69.2 Å². The lowest BCUT2D eigenvalue weighted by Crippen LogP contribution is -2.36. The van der Waals surface area contributed by atoms with Crippen molar-refractivity contribution in [3.63, 3.8) is 0 Å². The average molecular weight is 319 g/mol. The summed E-state index contributed by atoms with van der Waals surface area (Å²) in [6, 6.07) is 17.3. The van der Waals surface area contributed by atoms with Gasteiger partial charge in [-0.15, -0.1) is 0 Å².